The summed E-state index contributed by atoms with van der Waals surface area (Å²) in [6.07, 6.45) is 0. The summed E-state index contributed by atoms with van der Waals surface area (Å²) < 4.78 is 11.3. The maximum atomic E-state index is 5.66. The zero-order chi connectivity index (χ0) is 8.48. The Kier molecular flexibility index (Phi) is 2.73. The molecule has 0 aromatic rings. The second-order valence-corrected chi connectivity index (χ2v) is 7.40. The van der Waals surface area contributed by atoms with E-state index in [1.54, 1.807) is 0 Å². The van der Waals surface area contributed by atoms with Crippen molar-refractivity contribution >= 4 is 8.56 Å². The fourth-order valence-electron chi connectivity index (χ4n) is 1.09. The molecule has 3 heteroatoms. The minimum absolute atomic E-state index is 0.607. The van der Waals surface area contributed by atoms with E-state index in [4.69, 9.17) is 8.85 Å². The third kappa shape index (κ3) is 2.58. The van der Waals surface area contributed by atoms with Crippen molar-refractivity contribution in [3.8, 4) is 0 Å². The molecule has 0 saturated carbocycles. The van der Waals surface area contributed by atoms with E-state index in [0.717, 1.165) is 13.2 Å². The summed E-state index contributed by atoms with van der Waals surface area (Å²) in [7, 11) is -1.68. The van der Waals surface area contributed by atoms with Crippen LogP contribution in [0.2, 0.25) is 13.1 Å². The quantitative estimate of drug-likeness (QED) is 0.566. The van der Waals surface area contributed by atoms with Crippen molar-refractivity contribution < 1.29 is 8.85 Å². The van der Waals surface area contributed by atoms with E-state index >= 15 is 0 Å². The van der Waals surface area contributed by atoms with Crippen LogP contribution in [-0.4, -0.2) is 21.8 Å². The van der Waals surface area contributed by atoms with Crippen LogP contribution in [0.4, 0.5) is 0 Å². The molecule has 0 aliphatic carbocycles. The highest BCUT2D eigenvalue weighted by molar-refractivity contribution is 6.64. The Morgan fingerprint density at radius 3 is 2.00 bits per heavy atom. The molecule has 0 aromatic heterocycles. The average Bonchev–Trinajstić information content (AvgIpc) is 1.86. The topological polar surface area (TPSA) is 18.5 Å². The summed E-state index contributed by atoms with van der Waals surface area (Å²) in [6, 6.07) is 0. The molecular weight excluding hydrogens is 156 g/mol. The van der Waals surface area contributed by atoms with Gasteiger partial charge < -0.3 is 8.85 Å². The van der Waals surface area contributed by atoms with Crippen LogP contribution in [0, 0.1) is 11.8 Å². The molecule has 0 atom stereocenters. The van der Waals surface area contributed by atoms with Crippen LogP contribution in [-0.2, 0) is 8.85 Å². The molecule has 66 valence electrons. The normalized spacial score (nSPS) is 25.9. The lowest BCUT2D eigenvalue weighted by Gasteiger charge is -2.34. The van der Waals surface area contributed by atoms with Gasteiger partial charge >= 0.3 is 8.56 Å². The predicted octanol–water partition coefficient (Wildman–Crippen LogP) is 2.01. The first-order valence-corrected chi connectivity index (χ1v) is 7.11. The first-order valence-electron chi connectivity index (χ1n) is 4.29. The van der Waals surface area contributed by atoms with Gasteiger partial charge in [-0.25, -0.2) is 0 Å². The first-order chi connectivity index (χ1) is 5.01. The summed E-state index contributed by atoms with van der Waals surface area (Å²) in [4.78, 5) is 0. The first kappa shape index (κ1) is 9.23. The third-order valence-electron chi connectivity index (χ3n) is 2.23. The van der Waals surface area contributed by atoms with Gasteiger partial charge in [0.15, 0.2) is 0 Å². The Bertz CT molecular complexity index is 124. The van der Waals surface area contributed by atoms with Gasteiger partial charge in [0, 0.05) is 19.1 Å². The lowest BCUT2D eigenvalue weighted by Crippen LogP contribution is -2.45. The molecule has 2 nitrogen and oxygen atoms in total. The van der Waals surface area contributed by atoms with Gasteiger partial charge in [0.05, 0.1) is 0 Å². The molecule has 1 fully saturated rings. The van der Waals surface area contributed by atoms with Crippen LogP contribution in [0.25, 0.3) is 0 Å². The van der Waals surface area contributed by atoms with E-state index in [2.05, 4.69) is 26.9 Å². The summed E-state index contributed by atoms with van der Waals surface area (Å²) in [5.74, 6) is 1.29. The van der Waals surface area contributed by atoms with Gasteiger partial charge in [-0.2, -0.15) is 0 Å². The molecule has 11 heavy (non-hydrogen) atoms. The van der Waals surface area contributed by atoms with Gasteiger partial charge in [0.25, 0.3) is 0 Å². The third-order valence-corrected chi connectivity index (χ3v) is 3.96. The molecule has 1 rings (SSSR count). The van der Waals surface area contributed by atoms with Crippen molar-refractivity contribution in [3.63, 3.8) is 0 Å². The number of hydrogen-bond acceptors (Lipinski definition) is 2. The van der Waals surface area contributed by atoms with E-state index in [0.29, 0.717) is 11.8 Å². The zero-order valence-corrected chi connectivity index (χ0v) is 8.89. The second-order valence-electron chi connectivity index (χ2n) is 4.03. The van der Waals surface area contributed by atoms with Gasteiger partial charge in [-0.1, -0.05) is 13.8 Å². The van der Waals surface area contributed by atoms with Crippen molar-refractivity contribution in [1.29, 1.82) is 0 Å². The van der Waals surface area contributed by atoms with Crippen molar-refractivity contribution in [2.24, 2.45) is 11.8 Å². The summed E-state index contributed by atoms with van der Waals surface area (Å²) in [6.45, 7) is 10.4. The number of rotatable bonds is 1. The fourth-order valence-corrected chi connectivity index (χ4v) is 2.40. The van der Waals surface area contributed by atoms with Crippen molar-refractivity contribution in [2.75, 3.05) is 13.2 Å². The molecule has 0 radical (unpaired) electrons. The molecule has 0 aromatic carbocycles. The Labute approximate surface area is 70.1 Å². The molecule has 1 heterocycles. The van der Waals surface area contributed by atoms with Crippen LogP contribution in [0.5, 0.6) is 0 Å². The van der Waals surface area contributed by atoms with E-state index in [1.807, 2.05) is 0 Å². The van der Waals surface area contributed by atoms with Crippen LogP contribution in [0.3, 0.4) is 0 Å². The smallest absolute Gasteiger partial charge is 0.331 e. The largest absolute Gasteiger partial charge is 0.394 e. The van der Waals surface area contributed by atoms with Gasteiger partial charge in [0.1, 0.15) is 0 Å². The standard InChI is InChI=1S/C8H18O2Si/c1-7(2)8-5-9-11(3,4)10-6-8/h7-8H,5-6H2,1-4H3. The molecule has 0 unspecified atom stereocenters. The fraction of sp³-hybridized carbons (Fsp3) is 1.00. The lowest BCUT2D eigenvalue weighted by molar-refractivity contribution is 0.0453. The van der Waals surface area contributed by atoms with Crippen LogP contribution in [0.15, 0.2) is 0 Å². The summed E-state index contributed by atoms with van der Waals surface area (Å²) in [5, 5.41) is 0. The van der Waals surface area contributed by atoms with Gasteiger partial charge in [-0.05, 0) is 19.0 Å². The van der Waals surface area contributed by atoms with E-state index in [9.17, 15) is 0 Å². The molecule has 0 N–H and O–H groups in total. The second kappa shape index (κ2) is 3.25. The maximum Gasteiger partial charge on any atom is 0.331 e. The lowest BCUT2D eigenvalue weighted by atomic mass is 9.98. The molecule has 1 saturated heterocycles. The Balaban J connectivity index is 2.36. The van der Waals surface area contributed by atoms with Crippen LogP contribution < -0.4 is 0 Å². The Morgan fingerprint density at radius 1 is 1.18 bits per heavy atom. The highest BCUT2D eigenvalue weighted by Crippen LogP contribution is 2.22. The minimum atomic E-state index is -1.68. The van der Waals surface area contributed by atoms with Crippen molar-refractivity contribution in [3.05, 3.63) is 0 Å². The van der Waals surface area contributed by atoms with E-state index in [1.165, 1.54) is 0 Å². The Hall–Kier alpha value is 0.137. The highest BCUT2D eigenvalue weighted by atomic mass is 28.4. The molecule has 0 amide bonds. The van der Waals surface area contributed by atoms with Gasteiger partial charge in [0.2, 0.25) is 0 Å². The van der Waals surface area contributed by atoms with Crippen LogP contribution >= 0.6 is 0 Å². The van der Waals surface area contributed by atoms with Crippen molar-refractivity contribution in [2.45, 2.75) is 26.9 Å². The van der Waals surface area contributed by atoms with Crippen LogP contribution in [0.1, 0.15) is 13.8 Å². The maximum absolute atomic E-state index is 5.66. The summed E-state index contributed by atoms with van der Waals surface area (Å²) in [5.41, 5.74) is 0. The molecular formula is C8H18O2Si. The molecule has 0 spiro atoms. The average molecular weight is 174 g/mol. The molecule has 0 bridgehead atoms. The van der Waals surface area contributed by atoms with E-state index in [-0.39, 0.29) is 0 Å². The van der Waals surface area contributed by atoms with Gasteiger partial charge in [-0.15, -0.1) is 0 Å². The minimum Gasteiger partial charge on any atom is -0.394 e. The Morgan fingerprint density at radius 2 is 1.64 bits per heavy atom. The summed E-state index contributed by atoms with van der Waals surface area (Å²) >= 11 is 0. The predicted molar refractivity (Wildman–Crippen MR) is 47.7 cm³/mol. The molecule has 1 aliphatic rings. The monoisotopic (exact) mass is 174 g/mol. The number of hydrogen-bond donors (Lipinski definition) is 0. The zero-order valence-electron chi connectivity index (χ0n) is 7.89. The highest BCUT2D eigenvalue weighted by Gasteiger charge is 2.32. The molecule has 1 aliphatic heterocycles. The van der Waals surface area contributed by atoms with E-state index < -0.39 is 8.56 Å². The SMILES string of the molecule is CC(C)C1CO[Si](C)(C)OC1. The van der Waals surface area contributed by atoms with Crippen molar-refractivity contribution in [1.82, 2.24) is 0 Å². The van der Waals surface area contributed by atoms with Gasteiger partial charge in [-0.3, -0.25) is 0 Å².